The van der Waals surface area contributed by atoms with Crippen molar-refractivity contribution >= 4 is 35.0 Å². The summed E-state index contributed by atoms with van der Waals surface area (Å²) < 4.78 is 10.3. The molecule has 0 aliphatic carbocycles. The second-order valence-electron chi connectivity index (χ2n) is 4.45. The third-order valence-corrected chi connectivity index (χ3v) is 3.99. The van der Waals surface area contributed by atoms with Crippen molar-refractivity contribution in [3.05, 3.63) is 23.8 Å². The maximum Gasteiger partial charge on any atom is 0.305 e. The number of ether oxygens (including phenoxy) is 2. The first-order valence-corrected chi connectivity index (χ1v) is 7.44. The van der Waals surface area contributed by atoms with Gasteiger partial charge in [-0.3, -0.25) is 9.59 Å². The van der Waals surface area contributed by atoms with E-state index < -0.39 is 11.2 Å². The van der Waals surface area contributed by atoms with Crippen LogP contribution in [0.4, 0.5) is 0 Å². The second-order valence-corrected chi connectivity index (χ2v) is 5.64. The molecule has 0 unspecified atom stereocenters. The van der Waals surface area contributed by atoms with Gasteiger partial charge in [0.2, 0.25) is 5.91 Å². The molecule has 1 aromatic rings. The topological polar surface area (TPSA) is 110 Å². The zero-order valence-corrected chi connectivity index (χ0v) is 13.3. The van der Waals surface area contributed by atoms with Crippen LogP contribution in [-0.2, 0) is 9.59 Å². The molecule has 0 aromatic heterocycles. The van der Waals surface area contributed by atoms with Crippen LogP contribution in [0.25, 0.3) is 0 Å². The minimum absolute atomic E-state index is 0.261. The number of thioether (sulfide) groups is 1. The minimum atomic E-state index is -1.04. The number of nitrogens with one attached hydrogen (secondary N) is 1. The molecule has 1 aliphatic rings. The summed E-state index contributed by atoms with van der Waals surface area (Å²) in [7, 11) is 3.09. The Hall–Kier alpha value is -2.55. The average molecular weight is 337 g/mol. The third kappa shape index (κ3) is 4.46. The SMILES string of the molecule is COc1ccc(OC)c(/C=N/N=C2/NC(=O)[C@@H](CC(=O)O)S2)c1. The van der Waals surface area contributed by atoms with E-state index in [9.17, 15) is 9.59 Å². The number of amides is 1. The first-order chi connectivity index (χ1) is 11.0. The summed E-state index contributed by atoms with van der Waals surface area (Å²) in [6.45, 7) is 0. The lowest BCUT2D eigenvalue weighted by Gasteiger charge is -2.06. The summed E-state index contributed by atoms with van der Waals surface area (Å²) in [6.07, 6.45) is 1.20. The first-order valence-electron chi connectivity index (χ1n) is 6.56. The number of benzene rings is 1. The van der Waals surface area contributed by atoms with Crippen LogP contribution < -0.4 is 14.8 Å². The van der Waals surface area contributed by atoms with Gasteiger partial charge < -0.3 is 19.9 Å². The monoisotopic (exact) mass is 337 g/mol. The fourth-order valence-corrected chi connectivity index (χ4v) is 2.74. The van der Waals surface area contributed by atoms with E-state index in [0.29, 0.717) is 17.1 Å². The Morgan fingerprint density at radius 3 is 2.87 bits per heavy atom. The highest BCUT2D eigenvalue weighted by Gasteiger charge is 2.32. The van der Waals surface area contributed by atoms with E-state index in [1.165, 1.54) is 13.3 Å². The molecule has 9 heteroatoms. The van der Waals surface area contributed by atoms with Gasteiger partial charge in [-0.15, -0.1) is 5.10 Å². The van der Waals surface area contributed by atoms with Gasteiger partial charge in [-0.1, -0.05) is 11.8 Å². The average Bonchev–Trinajstić information content (AvgIpc) is 2.86. The molecule has 23 heavy (non-hydrogen) atoms. The van der Waals surface area contributed by atoms with Gasteiger partial charge >= 0.3 is 5.97 Å². The van der Waals surface area contributed by atoms with Crippen molar-refractivity contribution in [2.45, 2.75) is 11.7 Å². The Kier molecular flexibility index (Phi) is 5.58. The molecule has 122 valence electrons. The Morgan fingerprint density at radius 1 is 1.43 bits per heavy atom. The quantitative estimate of drug-likeness (QED) is 0.594. The summed E-state index contributed by atoms with van der Waals surface area (Å²) in [6, 6.07) is 5.23. The van der Waals surface area contributed by atoms with E-state index >= 15 is 0 Å². The predicted molar refractivity (Wildman–Crippen MR) is 86.3 cm³/mol. The molecule has 2 N–H and O–H groups in total. The second kappa shape index (κ2) is 7.63. The van der Waals surface area contributed by atoms with Crippen molar-refractivity contribution < 1.29 is 24.2 Å². The number of hydrogen-bond acceptors (Lipinski definition) is 7. The molecular formula is C14H15N3O5S. The molecule has 1 aromatic carbocycles. The fourth-order valence-electron chi connectivity index (χ4n) is 1.83. The Balaban J connectivity index is 2.09. The van der Waals surface area contributed by atoms with Crippen LogP contribution in [0.3, 0.4) is 0 Å². The largest absolute Gasteiger partial charge is 0.497 e. The van der Waals surface area contributed by atoms with E-state index in [4.69, 9.17) is 14.6 Å². The smallest absolute Gasteiger partial charge is 0.305 e. The lowest BCUT2D eigenvalue weighted by molar-refractivity contribution is -0.138. The van der Waals surface area contributed by atoms with E-state index in [1.807, 2.05) is 0 Å². The van der Waals surface area contributed by atoms with Gasteiger partial charge in [-0.25, -0.2) is 0 Å². The minimum Gasteiger partial charge on any atom is -0.497 e. The van der Waals surface area contributed by atoms with Crippen LogP contribution in [0, 0.1) is 0 Å². The summed E-state index contributed by atoms with van der Waals surface area (Å²) in [4.78, 5) is 22.2. The molecule has 1 fully saturated rings. The van der Waals surface area contributed by atoms with Crippen molar-refractivity contribution in [2.75, 3.05) is 14.2 Å². The van der Waals surface area contributed by atoms with Crippen LogP contribution >= 0.6 is 11.8 Å². The number of hydrogen-bond donors (Lipinski definition) is 2. The molecule has 1 heterocycles. The molecule has 1 amide bonds. The number of aliphatic carboxylic acids is 1. The van der Waals surface area contributed by atoms with Gasteiger partial charge in [0.05, 0.1) is 26.9 Å². The number of methoxy groups -OCH3 is 2. The van der Waals surface area contributed by atoms with Gasteiger partial charge in [0.1, 0.15) is 16.7 Å². The number of nitrogens with zero attached hydrogens (tertiary/aromatic N) is 2. The normalized spacial score (nSPS) is 19.1. The number of carboxylic acid groups (broad SMARTS) is 1. The lowest BCUT2D eigenvalue weighted by atomic mass is 10.2. The lowest BCUT2D eigenvalue weighted by Crippen LogP contribution is -2.26. The maximum absolute atomic E-state index is 11.6. The van der Waals surface area contributed by atoms with Gasteiger partial charge in [0, 0.05) is 5.56 Å². The zero-order valence-electron chi connectivity index (χ0n) is 12.5. The highest BCUT2D eigenvalue weighted by Crippen LogP contribution is 2.24. The molecule has 2 rings (SSSR count). The number of carbonyl (C=O) groups excluding carboxylic acids is 1. The Morgan fingerprint density at radius 2 is 2.22 bits per heavy atom. The molecule has 8 nitrogen and oxygen atoms in total. The summed E-state index contributed by atoms with van der Waals surface area (Å²) in [5.41, 5.74) is 0.660. The number of amidine groups is 1. The Labute approximate surface area is 136 Å². The highest BCUT2D eigenvalue weighted by molar-refractivity contribution is 8.15. The fraction of sp³-hybridized carbons (Fsp3) is 0.286. The summed E-state index contributed by atoms with van der Waals surface area (Å²) in [5.74, 6) is -0.180. The van der Waals surface area contributed by atoms with E-state index in [1.54, 1.807) is 25.3 Å². The maximum atomic E-state index is 11.6. The first kappa shape index (κ1) is 16.8. The van der Waals surface area contributed by atoms with E-state index in [2.05, 4.69) is 15.5 Å². The molecule has 1 aliphatic heterocycles. The van der Waals surface area contributed by atoms with Gasteiger partial charge in [-0.2, -0.15) is 5.10 Å². The number of carbonyl (C=O) groups is 2. The molecule has 1 saturated heterocycles. The molecule has 0 spiro atoms. The van der Waals surface area contributed by atoms with Crippen molar-refractivity contribution in [2.24, 2.45) is 10.2 Å². The molecular weight excluding hydrogens is 322 g/mol. The van der Waals surface area contributed by atoms with Crippen molar-refractivity contribution in [1.29, 1.82) is 0 Å². The van der Waals surface area contributed by atoms with Crippen molar-refractivity contribution in [3.8, 4) is 11.5 Å². The van der Waals surface area contributed by atoms with Crippen molar-refractivity contribution in [3.63, 3.8) is 0 Å². The molecule has 1 atom stereocenters. The number of rotatable bonds is 6. The zero-order chi connectivity index (χ0) is 16.8. The third-order valence-electron chi connectivity index (χ3n) is 2.92. The molecule has 0 bridgehead atoms. The predicted octanol–water partition coefficient (Wildman–Crippen LogP) is 1.10. The van der Waals surface area contributed by atoms with Gasteiger partial charge in [-0.05, 0) is 18.2 Å². The van der Waals surface area contributed by atoms with Crippen LogP contribution in [0.2, 0.25) is 0 Å². The van der Waals surface area contributed by atoms with E-state index in [-0.39, 0.29) is 17.5 Å². The summed E-state index contributed by atoms with van der Waals surface area (Å²) >= 11 is 1.04. The molecule has 0 saturated carbocycles. The molecule has 0 radical (unpaired) electrons. The van der Waals surface area contributed by atoms with Gasteiger partial charge in [0.15, 0.2) is 5.17 Å². The Bertz CT molecular complexity index is 674. The highest BCUT2D eigenvalue weighted by atomic mass is 32.2. The van der Waals surface area contributed by atoms with Crippen LogP contribution in [0.15, 0.2) is 28.4 Å². The van der Waals surface area contributed by atoms with Crippen LogP contribution in [-0.4, -0.2) is 47.8 Å². The van der Waals surface area contributed by atoms with Crippen molar-refractivity contribution in [1.82, 2.24) is 5.32 Å². The summed E-state index contributed by atoms with van der Waals surface area (Å²) in [5, 5.41) is 18.6. The van der Waals surface area contributed by atoms with Crippen LogP contribution in [0.1, 0.15) is 12.0 Å². The van der Waals surface area contributed by atoms with Crippen LogP contribution in [0.5, 0.6) is 11.5 Å². The van der Waals surface area contributed by atoms with E-state index in [0.717, 1.165) is 11.8 Å². The van der Waals surface area contributed by atoms with Gasteiger partial charge in [0.25, 0.3) is 0 Å². The standard InChI is InChI=1S/C14H15N3O5S/c1-21-9-3-4-10(22-2)8(5-9)7-15-17-14-16-13(20)11(23-14)6-12(18)19/h3-5,7,11H,6H2,1-2H3,(H,18,19)(H,16,17,20)/b15-7+/t11-/m1/s1. The number of carboxylic acids is 1.